The summed E-state index contributed by atoms with van der Waals surface area (Å²) in [6.07, 6.45) is 9.93. The Morgan fingerprint density at radius 3 is 2.94 bits per heavy atom. The maximum atomic E-state index is 13.1. The molecule has 7 rings (SSSR count). The average molecular weight is 484 g/mol. The van der Waals surface area contributed by atoms with Crippen LogP contribution in [-0.4, -0.2) is 61.3 Å². The Kier molecular flexibility index (Phi) is 4.71. The Morgan fingerprint density at radius 2 is 2.22 bits per heavy atom. The number of piperidine rings is 1. The Balaban J connectivity index is 1.09. The normalized spacial score (nSPS) is 26.4. The van der Waals surface area contributed by atoms with Gasteiger partial charge in [-0.25, -0.2) is 9.97 Å². The van der Waals surface area contributed by atoms with Gasteiger partial charge in [-0.3, -0.25) is 9.89 Å². The van der Waals surface area contributed by atoms with Crippen molar-refractivity contribution in [1.82, 2.24) is 35.5 Å². The van der Waals surface area contributed by atoms with E-state index in [1.165, 1.54) is 11.9 Å². The molecule has 182 valence electrons. The van der Waals surface area contributed by atoms with Gasteiger partial charge in [0, 0.05) is 42.9 Å². The van der Waals surface area contributed by atoms with E-state index in [1.807, 2.05) is 6.20 Å². The second-order valence-electron chi connectivity index (χ2n) is 10.2. The summed E-state index contributed by atoms with van der Waals surface area (Å²) in [5.74, 6) is 1.04. The molecule has 1 aliphatic heterocycles. The van der Waals surface area contributed by atoms with E-state index in [1.54, 1.807) is 6.07 Å². The quantitative estimate of drug-likeness (QED) is 0.483. The van der Waals surface area contributed by atoms with Crippen molar-refractivity contribution >= 4 is 22.8 Å². The molecular weight excluding hydrogens is 458 g/mol. The minimum Gasteiger partial charge on any atom is -0.463 e. The molecule has 1 amide bonds. The van der Waals surface area contributed by atoms with Crippen LogP contribution in [0.2, 0.25) is 0 Å². The van der Waals surface area contributed by atoms with Gasteiger partial charge in [0.1, 0.15) is 17.8 Å². The fourth-order valence-electron chi connectivity index (χ4n) is 5.39. The summed E-state index contributed by atoms with van der Waals surface area (Å²) in [6.45, 7) is 1.93. The van der Waals surface area contributed by atoms with Gasteiger partial charge in [-0.1, -0.05) is 6.08 Å². The van der Waals surface area contributed by atoms with Gasteiger partial charge in [-0.2, -0.15) is 20.3 Å². The SMILES string of the molecule is N#C[C@@H]1C[C@@H]1COc1nc(C(=O)NC23CC=C2C3)cc(N2CCC(c3[nH]nc4ncncc34)CC2)n1. The van der Waals surface area contributed by atoms with E-state index >= 15 is 0 Å². The van der Waals surface area contributed by atoms with Crippen LogP contribution in [0, 0.1) is 23.2 Å². The highest BCUT2D eigenvalue weighted by Gasteiger charge is 2.55. The molecule has 4 heterocycles. The lowest BCUT2D eigenvalue weighted by molar-refractivity contribution is 0.0925. The number of nitrogens with one attached hydrogen (secondary N) is 2. The van der Waals surface area contributed by atoms with Gasteiger partial charge in [0.2, 0.25) is 0 Å². The van der Waals surface area contributed by atoms with Crippen LogP contribution in [0.5, 0.6) is 6.01 Å². The topological polar surface area (TPSA) is 146 Å². The maximum Gasteiger partial charge on any atom is 0.319 e. The zero-order chi connectivity index (χ0) is 24.3. The molecule has 0 spiro atoms. The van der Waals surface area contributed by atoms with Gasteiger partial charge >= 0.3 is 6.01 Å². The summed E-state index contributed by atoms with van der Waals surface area (Å²) in [4.78, 5) is 32.7. The Bertz CT molecular complexity index is 1430. The molecule has 0 radical (unpaired) electrons. The van der Waals surface area contributed by atoms with Gasteiger partial charge < -0.3 is 15.0 Å². The molecule has 3 aliphatic carbocycles. The number of aromatic amines is 1. The summed E-state index contributed by atoms with van der Waals surface area (Å²) in [7, 11) is 0. The van der Waals surface area contributed by atoms with E-state index in [9.17, 15) is 4.79 Å². The van der Waals surface area contributed by atoms with Crippen molar-refractivity contribution in [2.45, 2.75) is 43.6 Å². The number of fused-ring (bicyclic) bond motifs is 2. The maximum absolute atomic E-state index is 13.1. The van der Waals surface area contributed by atoms with Crippen LogP contribution in [0.15, 0.2) is 30.2 Å². The van der Waals surface area contributed by atoms with Crippen LogP contribution in [-0.2, 0) is 0 Å². The van der Waals surface area contributed by atoms with Crippen molar-refractivity contribution in [2.75, 3.05) is 24.6 Å². The molecule has 3 fully saturated rings. The monoisotopic (exact) mass is 483 g/mol. The van der Waals surface area contributed by atoms with E-state index in [0.717, 1.165) is 56.3 Å². The number of carbonyl (C=O) groups excluding carboxylic acids is 1. The number of amides is 1. The number of aromatic nitrogens is 6. The van der Waals surface area contributed by atoms with Crippen molar-refractivity contribution < 1.29 is 9.53 Å². The van der Waals surface area contributed by atoms with Crippen molar-refractivity contribution in [2.24, 2.45) is 11.8 Å². The number of hydrogen-bond donors (Lipinski definition) is 2. The molecule has 3 atom stereocenters. The summed E-state index contributed by atoms with van der Waals surface area (Å²) >= 11 is 0. The molecule has 2 N–H and O–H groups in total. The number of H-pyrrole nitrogens is 1. The number of nitriles is 1. The highest BCUT2D eigenvalue weighted by atomic mass is 16.5. The Labute approximate surface area is 207 Å². The van der Waals surface area contributed by atoms with Crippen LogP contribution in [0.4, 0.5) is 5.82 Å². The number of nitrogens with zero attached hydrogens (tertiary/aromatic N) is 7. The summed E-state index contributed by atoms with van der Waals surface area (Å²) in [6, 6.07) is 4.23. The predicted molar refractivity (Wildman–Crippen MR) is 128 cm³/mol. The minimum atomic E-state index is -0.202. The van der Waals surface area contributed by atoms with Gasteiger partial charge in [-0.05, 0) is 37.7 Å². The van der Waals surface area contributed by atoms with Gasteiger partial charge in [-0.15, -0.1) is 0 Å². The smallest absolute Gasteiger partial charge is 0.319 e. The lowest BCUT2D eigenvalue weighted by Gasteiger charge is -2.32. The third kappa shape index (κ3) is 3.64. The molecule has 1 unspecified atom stereocenters. The molecule has 2 saturated carbocycles. The predicted octanol–water partition coefficient (Wildman–Crippen LogP) is 2.27. The minimum absolute atomic E-state index is 0.0386. The van der Waals surface area contributed by atoms with E-state index in [2.05, 4.69) is 52.5 Å². The summed E-state index contributed by atoms with van der Waals surface area (Å²) < 4.78 is 5.87. The van der Waals surface area contributed by atoms with Crippen molar-refractivity contribution in [3.63, 3.8) is 0 Å². The molecule has 11 nitrogen and oxygen atoms in total. The standard InChI is InChI=1S/C25H25N9O2/c26-10-15-7-16(15)12-36-24-29-19(23(35)31-25-4-1-17(25)9-25)8-20(30-24)34-5-2-14(3-6-34)21-18-11-27-13-28-22(18)33-32-21/h1,8,11,13-16H,2-7,9,12H2,(H,31,35)(H,27,28,32,33)/t15-,16+,25?/m0/s1. The van der Waals surface area contributed by atoms with Gasteiger partial charge in [0.25, 0.3) is 5.91 Å². The number of carbonyl (C=O) groups is 1. The largest absolute Gasteiger partial charge is 0.463 e. The van der Waals surface area contributed by atoms with E-state index in [4.69, 9.17) is 10.00 Å². The van der Waals surface area contributed by atoms with E-state index < -0.39 is 0 Å². The number of rotatable bonds is 7. The highest BCUT2D eigenvalue weighted by molar-refractivity contribution is 5.95. The summed E-state index contributed by atoms with van der Waals surface area (Å²) in [5.41, 5.74) is 3.23. The first-order valence-electron chi connectivity index (χ1n) is 12.4. The molecule has 11 heteroatoms. The van der Waals surface area contributed by atoms with Crippen molar-refractivity contribution in [3.05, 3.63) is 41.6 Å². The van der Waals surface area contributed by atoms with Crippen LogP contribution in [0.1, 0.15) is 54.2 Å². The van der Waals surface area contributed by atoms with Gasteiger partial charge in [0.15, 0.2) is 5.65 Å². The number of anilines is 1. The molecule has 0 bridgehead atoms. The van der Waals surface area contributed by atoms with E-state index in [0.29, 0.717) is 29.7 Å². The molecule has 3 aromatic heterocycles. The highest BCUT2D eigenvalue weighted by Crippen LogP contribution is 2.54. The van der Waals surface area contributed by atoms with Crippen LogP contribution in [0.25, 0.3) is 11.0 Å². The molecule has 3 aromatic rings. The third-order valence-electron chi connectivity index (χ3n) is 7.96. The molecule has 36 heavy (non-hydrogen) atoms. The number of ether oxygens (including phenoxy) is 1. The van der Waals surface area contributed by atoms with Crippen LogP contribution in [0.3, 0.4) is 0 Å². The van der Waals surface area contributed by atoms with Crippen LogP contribution >= 0.6 is 0 Å². The number of hydrogen-bond acceptors (Lipinski definition) is 9. The zero-order valence-corrected chi connectivity index (χ0v) is 19.6. The van der Waals surface area contributed by atoms with Gasteiger partial charge in [0.05, 0.1) is 29.5 Å². The third-order valence-corrected chi connectivity index (χ3v) is 7.96. The second kappa shape index (κ2) is 7.98. The Hall–Kier alpha value is -4.07. The zero-order valence-electron chi connectivity index (χ0n) is 19.6. The summed E-state index contributed by atoms with van der Waals surface area (Å²) in [5, 5.41) is 20.7. The average Bonchev–Trinajstić information content (AvgIpc) is 3.72. The van der Waals surface area contributed by atoms with Crippen LogP contribution < -0.4 is 15.0 Å². The Morgan fingerprint density at radius 1 is 1.33 bits per heavy atom. The van der Waals surface area contributed by atoms with Crippen molar-refractivity contribution in [3.8, 4) is 12.1 Å². The molecule has 0 aromatic carbocycles. The molecular formula is C25H25N9O2. The lowest BCUT2D eigenvalue weighted by atomic mass is 9.92. The fraction of sp³-hybridized carbons (Fsp3) is 0.480. The lowest BCUT2D eigenvalue weighted by Crippen LogP contribution is -2.40. The first kappa shape index (κ1) is 21.2. The second-order valence-corrected chi connectivity index (χ2v) is 10.2. The first-order valence-corrected chi connectivity index (χ1v) is 12.4. The first-order chi connectivity index (χ1) is 17.6. The fourth-order valence-corrected chi connectivity index (χ4v) is 5.39. The van der Waals surface area contributed by atoms with Crippen molar-refractivity contribution in [1.29, 1.82) is 5.26 Å². The molecule has 4 aliphatic rings. The van der Waals surface area contributed by atoms with E-state index in [-0.39, 0.29) is 29.3 Å². The molecule has 1 saturated heterocycles.